The molecular formula is C11H23N3. The van der Waals surface area contributed by atoms with Gasteiger partial charge in [0.25, 0.3) is 0 Å². The number of hydrogen-bond donors (Lipinski definition) is 1. The normalized spacial score (nSPS) is 36.0. The molecule has 0 aromatic carbocycles. The summed E-state index contributed by atoms with van der Waals surface area (Å²) in [5.74, 6) is 0. The molecule has 0 aliphatic carbocycles. The Bertz CT molecular complexity index is 145. The molecule has 1 N–H and O–H groups in total. The summed E-state index contributed by atoms with van der Waals surface area (Å²) in [5.41, 5.74) is 0. The van der Waals surface area contributed by atoms with Crippen LogP contribution in [0.3, 0.4) is 0 Å². The van der Waals surface area contributed by atoms with E-state index in [0.717, 1.165) is 0 Å². The third-order valence-electron chi connectivity index (χ3n) is 3.25. The van der Waals surface area contributed by atoms with Gasteiger partial charge in [-0.05, 0) is 45.3 Å². The predicted octanol–water partition coefficient (Wildman–Crippen LogP) is 0.725. The lowest BCUT2D eigenvalue weighted by Gasteiger charge is -2.35. The Morgan fingerprint density at radius 2 is 1.29 bits per heavy atom. The van der Waals surface area contributed by atoms with Crippen LogP contribution < -0.4 is 5.32 Å². The van der Waals surface area contributed by atoms with Crippen molar-refractivity contribution in [3.8, 4) is 0 Å². The largest absolute Gasteiger partial charge is 0.317 e. The van der Waals surface area contributed by atoms with Gasteiger partial charge >= 0.3 is 0 Å². The second-order valence-corrected chi connectivity index (χ2v) is 4.54. The lowest BCUT2D eigenvalue weighted by molar-refractivity contribution is 0.0853. The highest BCUT2D eigenvalue weighted by Gasteiger charge is 2.16. The average Bonchev–Trinajstić information content (AvgIpc) is 2.25. The van der Waals surface area contributed by atoms with Crippen molar-refractivity contribution in [3.05, 3.63) is 0 Å². The van der Waals surface area contributed by atoms with E-state index in [2.05, 4.69) is 15.1 Å². The molecule has 0 spiro atoms. The van der Waals surface area contributed by atoms with Crippen LogP contribution >= 0.6 is 0 Å². The molecule has 2 bridgehead atoms. The first-order chi connectivity index (χ1) is 6.95. The second kappa shape index (κ2) is 5.69. The van der Waals surface area contributed by atoms with Crippen LogP contribution in [0.5, 0.6) is 0 Å². The molecular weight excluding hydrogens is 174 g/mol. The highest BCUT2D eigenvalue weighted by atomic mass is 15.3. The van der Waals surface area contributed by atoms with Crippen LogP contribution in [0, 0.1) is 0 Å². The monoisotopic (exact) mass is 197 g/mol. The van der Waals surface area contributed by atoms with Gasteiger partial charge in [0.2, 0.25) is 0 Å². The third-order valence-corrected chi connectivity index (χ3v) is 3.25. The summed E-state index contributed by atoms with van der Waals surface area (Å²) in [5, 5.41) is 3.52. The van der Waals surface area contributed by atoms with Gasteiger partial charge in [0.15, 0.2) is 0 Å². The van der Waals surface area contributed by atoms with Gasteiger partial charge in [-0.3, -0.25) is 9.80 Å². The van der Waals surface area contributed by atoms with E-state index in [4.69, 9.17) is 0 Å². The molecule has 2 heterocycles. The lowest BCUT2D eigenvalue weighted by atomic mass is 10.2. The molecule has 2 rings (SSSR count). The van der Waals surface area contributed by atoms with E-state index in [9.17, 15) is 0 Å². The molecule has 2 unspecified atom stereocenters. The lowest BCUT2D eigenvalue weighted by Crippen LogP contribution is -2.45. The van der Waals surface area contributed by atoms with E-state index >= 15 is 0 Å². The first-order valence-corrected chi connectivity index (χ1v) is 6.10. The summed E-state index contributed by atoms with van der Waals surface area (Å²) in [6.07, 6.45) is 5.39. The molecule has 0 saturated carbocycles. The summed E-state index contributed by atoms with van der Waals surface area (Å²) in [4.78, 5) is 5.23. The summed E-state index contributed by atoms with van der Waals surface area (Å²) in [7, 11) is 0. The predicted molar refractivity (Wildman–Crippen MR) is 59.4 cm³/mol. The minimum Gasteiger partial charge on any atom is -0.317 e. The molecule has 82 valence electrons. The van der Waals surface area contributed by atoms with Crippen LogP contribution in [-0.4, -0.2) is 55.7 Å². The maximum absolute atomic E-state index is 3.52. The standard InChI is InChI=1S/C11H23N3/c1-2-7-13-9-4-10-14(11-13)8-3-6-12-5-1/h12H,1-11H2. The van der Waals surface area contributed by atoms with Crippen molar-refractivity contribution < 1.29 is 0 Å². The maximum atomic E-state index is 3.52. The fourth-order valence-corrected chi connectivity index (χ4v) is 2.45. The SMILES string of the molecule is C1CCN2CCCN(CCCNC1)C2. The molecule has 0 radical (unpaired) electrons. The first-order valence-electron chi connectivity index (χ1n) is 6.10. The average molecular weight is 197 g/mol. The van der Waals surface area contributed by atoms with Crippen LogP contribution in [0.2, 0.25) is 0 Å². The zero-order valence-electron chi connectivity index (χ0n) is 9.17. The van der Waals surface area contributed by atoms with Gasteiger partial charge in [0.05, 0.1) is 6.67 Å². The molecule has 2 atom stereocenters. The van der Waals surface area contributed by atoms with Crippen molar-refractivity contribution in [2.75, 3.05) is 45.9 Å². The smallest absolute Gasteiger partial charge is 0.0506 e. The van der Waals surface area contributed by atoms with Crippen molar-refractivity contribution in [2.45, 2.75) is 25.7 Å². The van der Waals surface area contributed by atoms with E-state index in [1.807, 2.05) is 0 Å². The quantitative estimate of drug-likeness (QED) is 0.617. The molecule has 2 saturated heterocycles. The van der Waals surface area contributed by atoms with E-state index in [1.165, 1.54) is 71.6 Å². The van der Waals surface area contributed by atoms with Crippen LogP contribution in [-0.2, 0) is 0 Å². The van der Waals surface area contributed by atoms with Crippen molar-refractivity contribution in [3.63, 3.8) is 0 Å². The molecule has 2 aliphatic heterocycles. The van der Waals surface area contributed by atoms with E-state index in [1.54, 1.807) is 0 Å². The molecule has 0 aromatic heterocycles. The van der Waals surface area contributed by atoms with Crippen LogP contribution in [0.15, 0.2) is 0 Å². The Morgan fingerprint density at radius 1 is 0.643 bits per heavy atom. The van der Waals surface area contributed by atoms with Gasteiger partial charge in [-0.25, -0.2) is 0 Å². The van der Waals surface area contributed by atoms with Gasteiger partial charge in [0, 0.05) is 19.6 Å². The van der Waals surface area contributed by atoms with Gasteiger partial charge in [-0.1, -0.05) is 0 Å². The molecule has 3 heteroatoms. The minimum atomic E-state index is 1.20. The van der Waals surface area contributed by atoms with Gasteiger partial charge in [-0.15, -0.1) is 0 Å². The van der Waals surface area contributed by atoms with Gasteiger partial charge < -0.3 is 5.32 Å². The summed E-state index contributed by atoms with van der Waals surface area (Å²) < 4.78 is 0. The van der Waals surface area contributed by atoms with Crippen LogP contribution in [0.25, 0.3) is 0 Å². The number of hydrogen-bond acceptors (Lipinski definition) is 3. The number of fused-ring (bicyclic) bond motifs is 2. The second-order valence-electron chi connectivity index (χ2n) is 4.54. The Morgan fingerprint density at radius 3 is 2.14 bits per heavy atom. The third kappa shape index (κ3) is 3.23. The highest BCUT2D eigenvalue weighted by molar-refractivity contribution is 4.70. The molecule has 2 fully saturated rings. The molecule has 2 aliphatic rings. The van der Waals surface area contributed by atoms with Gasteiger partial charge in [-0.2, -0.15) is 0 Å². The zero-order valence-corrected chi connectivity index (χ0v) is 9.17. The topological polar surface area (TPSA) is 18.5 Å². The Labute approximate surface area is 87.4 Å². The van der Waals surface area contributed by atoms with Crippen molar-refractivity contribution >= 4 is 0 Å². The Hall–Kier alpha value is -0.120. The van der Waals surface area contributed by atoms with Crippen molar-refractivity contribution in [1.29, 1.82) is 0 Å². The number of nitrogens with one attached hydrogen (secondary N) is 1. The Balaban J connectivity index is 1.82. The van der Waals surface area contributed by atoms with E-state index in [0.29, 0.717) is 0 Å². The molecule has 0 amide bonds. The zero-order chi connectivity index (χ0) is 9.64. The summed E-state index contributed by atoms with van der Waals surface area (Å²) in [6.45, 7) is 8.87. The van der Waals surface area contributed by atoms with Crippen LogP contribution in [0.1, 0.15) is 25.7 Å². The fourth-order valence-electron chi connectivity index (χ4n) is 2.45. The number of rotatable bonds is 0. The molecule has 3 nitrogen and oxygen atoms in total. The first kappa shape index (κ1) is 10.4. The minimum absolute atomic E-state index is 1.20. The highest BCUT2D eigenvalue weighted by Crippen LogP contribution is 2.08. The van der Waals surface area contributed by atoms with E-state index < -0.39 is 0 Å². The van der Waals surface area contributed by atoms with E-state index in [-0.39, 0.29) is 0 Å². The summed E-state index contributed by atoms with van der Waals surface area (Å²) >= 11 is 0. The maximum Gasteiger partial charge on any atom is 0.0506 e. The van der Waals surface area contributed by atoms with Crippen molar-refractivity contribution in [2.24, 2.45) is 0 Å². The van der Waals surface area contributed by atoms with Crippen LogP contribution in [0.4, 0.5) is 0 Å². The fraction of sp³-hybridized carbons (Fsp3) is 1.00. The molecule has 14 heavy (non-hydrogen) atoms. The number of nitrogens with zero attached hydrogens (tertiary/aromatic N) is 2. The summed E-state index contributed by atoms with van der Waals surface area (Å²) in [6, 6.07) is 0. The Kier molecular flexibility index (Phi) is 4.22. The van der Waals surface area contributed by atoms with Gasteiger partial charge in [0.1, 0.15) is 0 Å². The van der Waals surface area contributed by atoms with Crippen molar-refractivity contribution in [1.82, 2.24) is 15.1 Å². The molecule has 0 aromatic rings.